The first-order chi connectivity index (χ1) is 10.6. The minimum absolute atomic E-state index is 0.0343. The van der Waals surface area contributed by atoms with Gasteiger partial charge in [0.1, 0.15) is 35.3 Å². The highest BCUT2D eigenvalue weighted by Crippen LogP contribution is 2.52. The number of phosphoric ester groups is 1. The van der Waals surface area contributed by atoms with Gasteiger partial charge in [0.2, 0.25) is 0 Å². The van der Waals surface area contributed by atoms with E-state index >= 15 is 0 Å². The highest BCUT2D eigenvalue weighted by molar-refractivity contribution is 7.98. The molecule has 2 saturated heterocycles. The Morgan fingerprint density at radius 2 is 2.27 bits per heavy atom. The van der Waals surface area contributed by atoms with E-state index in [0.717, 1.165) is 5.03 Å². The highest BCUT2D eigenvalue weighted by atomic mass is 32.2. The average Bonchev–Trinajstić information content (AvgIpc) is 3.08. The number of thioether (sulfide) groups is 1. The molecule has 11 heteroatoms. The monoisotopic (exact) mass is 344 g/mol. The van der Waals surface area contributed by atoms with E-state index in [1.54, 1.807) is 10.9 Å². The number of nitrogens with zero attached hydrogens (tertiary/aromatic N) is 4. The molecule has 0 aliphatic carbocycles. The van der Waals surface area contributed by atoms with Crippen molar-refractivity contribution >= 4 is 30.7 Å². The summed E-state index contributed by atoms with van der Waals surface area (Å²) in [6.07, 6.45) is 4.25. The Balaban J connectivity index is 1.65. The number of rotatable bonds is 2. The highest BCUT2D eigenvalue weighted by Gasteiger charge is 2.46. The van der Waals surface area contributed by atoms with Gasteiger partial charge in [-0.05, 0) is 6.26 Å². The van der Waals surface area contributed by atoms with Gasteiger partial charge in [0.25, 0.3) is 0 Å². The van der Waals surface area contributed by atoms with Gasteiger partial charge in [0.15, 0.2) is 5.65 Å². The topological polar surface area (TPSA) is 109 Å². The minimum Gasteiger partial charge on any atom is -0.349 e. The maximum atomic E-state index is 11.5. The van der Waals surface area contributed by atoms with Crippen LogP contribution in [0.1, 0.15) is 12.6 Å². The molecule has 0 aromatic carbocycles. The quantitative estimate of drug-likeness (QED) is 0.490. The lowest BCUT2D eigenvalue weighted by molar-refractivity contribution is -0.0662. The third kappa shape index (κ3) is 2.36. The molecule has 2 aromatic heterocycles. The third-order valence-electron chi connectivity index (χ3n) is 3.68. The zero-order valence-corrected chi connectivity index (χ0v) is 13.2. The number of phosphoric acid groups is 1. The van der Waals surface area contributed by atoms with Crippen LogP contribution in [0.15, 0.2) is 17.7 Å². The van der Waals surface area contributed by atoms with Gasteiger partial charge < -0.3 is 9.63 Å². The normalized spacial score (nSPS) is 34.9. The van der Waals surface area contributed by atoms with E-state index in [-0.39, 0.29) is 18.9 Å². The van der Waals surface area contributed by atoms with Gasteiger partial charge in [-0.1, -0.05) is 0 Å². The number of hydrogen-bond donors (Lipinski definition) is 1. The summed E-state index contributed by atoms with van der Waals surface area (Å²) in [5.41, 5.74) is 1.37. The Hall–Kier alpha value is -1.03. The molecule has 0 radical (unpaired) electrons. The molecule has 4 heterocycles. The number of imidazole rings is 1. The second-order valence-corrected chi connectivity index (χ2v) is 7.18. The van der Waals surface area contributed by atoms with Crippen LogP contribution in [0.4, 0.5) is 0 Å². The second-order valence-electron chi connectivity index (χ2n) is 4.98. The molecule has 0 bridgehead atoms. The molecule has 22 heavy (non-hydrogen) atoms. The first kappa shape index (κ1) is 14.6. The summed E-state index contributed by atoms with van der Waals surface area (Å²) < 4.78 is 29.0. The fourth-order valence-corrected chi connectivity index (χ4v) is 4.14. The average molecular weight is 344 g/mol. The summed E-state index contributed by atoms with van der Waals surface area (Å²) in [6, 6.07) is 0. The van der Waals surface area contributed by atoms with Gasteiger partial charge in [-0.25, -0.2) is 19.5 Å². The predicted octanol–water partition coefficient (Wildman–Crippen LogP) is 1.35. The first-order valence-corrected chi connectivity index (χ1v) is 9.32. The molecule has 4 unspecified atom stereocenters. The summed E-state index contributed by atoms with van der Waals surface area (Å²) in [6.45, 7) is 0.0343. The van der Waals surface area contributed by atoms with Gasteiger partial charge in [-0.3, -0.25) is 13.6 Å². The smallest absolute Gasteiger partial charge is 0.349 e. The molecule has 118 valence electrons. The Morgan fingerprint density at radius 1 is 1.41 bits per heavy atom. The zero-order chi connectivity index (χ0) is 15.3. The van der Waals surface area contributed by atoms with Crippen molar-refractivity contribution in [2.45, 2.75) is 29.9 Å². The van der Waals surface area contributed by atoms with Crippen LogP contribution in [0.25, 0.3) is 11.2 Å². The van der Waals surface area contributed by atoms with E-state index in [0.29, 0.717) is 17.6 Å². The summed E-state index contributed by atoms with van der Waals surface area (Å²) in [5, 5.41) is 0.790. The Labute approximate surface area is 129 Å². The van der Waals surface area contributed by atoms with Crippen LogP contribution < -0.4 is 0 Å². The molecule has 2 aliphatic rings. The maximum absolute atomic E-state index is 11.5. The van der Waals surface area contributed by atoms with Crippen LogP contribution in [0.3, 0.4) is 0 Å². The Bertz CT molecular complexity index is 770. The number of hydrogen-bond acceptors (Lipinski definition) is 8. The van der Waals surface area contributed by atoms with Gasteiger partial charge in [0, 0.05) is 6.42 Å². The van der Waals surface area contributed by atoms with Crippen molar-refractivity contribution < 1.29 is 23.2 Å². The predicted molar refractivity (Wildman–Crippen MR) is 76.3 cm³/mol. The van der Waals surface area contributed by atoms with Crippen LogP contribution in [-0.2, 0) is 18.3 Å². The Morgan fingerprint density at radius 3 is 3.09 bits per heavy atom. The summed E-state index contributed by atoms with van der Waals surface area (Å²) in [4.78, 5) is 22.2. The molecule has 4 rings (SSSR count). The van der Waals surface area contributed by atoms with E-state index in [1.165, 1.54) is 18.1 Å². The minimum atomic E-state index is -3.95. The van der Waals surface area contributed by atoms with Crippen molar-refractivity contribution in [3.05, 3.63) is 12.7 Å². The molecule has 1 N–H and O–H groups in total. The lowest BCUT2D eigenvalue weighted by Gasteiger charge is -2.26. The van der Waals surface area contributed by atoms with E-state index in [9.17, 15) is 9.46 Å². The van der Waals surface area contributed by atoms with Crippen molar-refractivity contribution in [2.75, 3.05) is 12.9 Å². The lowest BCUT2D eigenvalue weighted by atomic mass is 10.2. The number of ether oxygens (including phenoxy) is 1. The van der Waals surface area contributed by atoms with Gasteiger partial charge in [-0.2, -0.15) is 0 Å². The van der Waals surface area contributed by atoms with Crippen molar-refractivity contribution in [3.63, 3.8) is 0 Å². The molecule has 2 aromatic rings. The SMILES string of the molecule is CSc1ncnc2c1ncn2C1CC2OP(=O)(O)OCC2O1. The molecule has 4 atom stereocenters. The summed E-state index contributed by atoms with van der Waals surface area (Å²) in [5.74, 6) is 0. The second kappa shape index (κ2) is 5.26. The molecule has 0 saturated carbocycles. The van der Waals surface area contributed by atoms with Crippen molar-refractivity contribution in [3.8, 4) is 0 Å². The van der Waals surface area contributed by atoms with Crippen molar-refractivity contribution in [1.29, 1.82) is 0 Å². The molecular formula is C11H13N4O5PS. The molecule has 0 amide bonds. The summed E-state index contributed by atoms with van der Waals surface area (Å²) >= 11 is 1.49. The van der Waals surface area contributed by atoms with E-state index < -0.39 is 13.9 Å². The van der Waals surface area contributed by atoms with Crippen LogP contribution in [0, 0.1) is 0 Å². The van der Waals surface area contributed by atoms with Gasteiger partial charge >= 0.3 is 7.82 Å². The van der Waals surface area contributed by atoms with Gasteiger partial charge in [0.05, 0.1) is 12.9 Å². The standard InChI is InChI=1S/C11H13N4O5PS/c1-22-11-9-10(12-4-13-11)15(5-14-9)8-2-6-7(19-8)3-18-21(16,17)20-6/h4-8H,2-3H2,1H3,(H,16,17). The first-order valence-electron chi connectivity index (χ1n) is 6.60. The molecule has 0 spiro atoms. The number of aromatic nitrogens is 4. The van der Waals surface area contributed by atoms with Gasteiger partial charge in [-0.15, -0.1) is 11.8 Å². The fourth-order valence-electron chi connectivity index (χ4n) is 2.69. The van der Waals surface area contributed by atoms with Crippen molar-refractivity contribution in [2.24, 2.45) is 0 Å². The maximum Gasteiger partial charge on any atom is 0.472 e. The zero-order valence-electron chi connectivity index (χ0n) is 11.5. The van der Waals surface area contributed by atoms with Crippen LogP contribution in [0.2, 0.25) is 0 Å². The largest absolute Gasteiger partial charge is 0.472 e. The Kier molecular flexibility index (Phi) is 3.48. The lowest BCUT2D eigenvalue weighted by Crippen LogP contribution is -2.32. The fraction of sp³-hybridized carbons (Fsp3) is 0.545. The summed E-state index contributed by atoms with van der Waals surface area (Å²) in [7, 11) is -3.95. The van der Waals surface area contributed by atoms with Crippen LogP contribution in [-0.4, -0.2) is 49.5 Å². The number of fused-ring (bicyclic) bond motifs is 2. The van der Waals surface area contributed by atoms with E-state index in [4.69, 9.17) is 13.8 Å². The molecule has 2 aliphatic heterocycles. The van der Waals surface area contributed by atoms with E-state index in [2.05, 4.69) is 15.0 Å². The third-order valence-corrected chi connectivity index (χ3v) is 5.38. The van der Waals surface area contributed by atoms with Crippen molar-refractivity contribution in [1.82, 2.24) is 19.5 Å². The van der Waals surface area contributed by atoms with E-state index in [1.807, 2.05) is 6.26 Å². The molecular weight excluding hydrogens is 331 g/mol. The molecule has 2 fully saturated rings. The molecule has 9 nitrogen and oxygen atoms in total. The van der Waals surface area contributed by atoms with Crippen LogP contribution >= 0.6 is 19.6 Å². The van der Waals surface area contributed by atoms with Crippen LogP contribution in [0.5, 0.6) is 0 Å².